The summed E-state index contributed by atoms with van der Waals surface area (Å²) in [6.45, 7) is 0. The molecule has 1 aliphatic heterocycles. The van der Waals surface area contributed by atoms with Crippen molar-refractivity contribution in [3.63, 3.8) is 0 Å². The zero-order valence-electron chi connectivity index (χ0n) is 13.0. The molecule has 1 aliphatic rings. The van der Waals surface area contributed by atoms with Gasteiger partial charge in [0.15, 0.2) is 0 Å². The maximum atomic E-state index is 12.7. The molecule has 0 saturated heterocycles. The van der Waals surface area contributed by atoms with E-state index in [0.29, 0.717) is 2.88 Å². The number of hydrogen-bond donors (Lipinski definition) is 0. The third kappa shape index (κ3) is 4.07. The standard InChI is InChI=1S/C15H9F3INO5S2/c16-15(17,18)27(23,24)25-19(12-2-1-9-26-12)10-3-5-11(6-4-10)20-13(21)7-8-14(20)22/h1-9H. The Morgan fingerprint density at radius 1 is 1.00 bits per heavy atom. The molecule has 27 heavy (non-hydrogen) atoms. The fourth-order valence-electron chi connectivity index (χ4n) is 2.01. The second-order valence-corrected chi connectivity index (χ2v) is 13.0. The zero-order chi connectivity index (χ0) is 19.8. The third-order valence-corrected chi connectivity index (χ3v) is 12.1. The van der Waals surface area contributed by atoms with Crippen molar-refractivity contribution >= 4 is 59.2 Å². The van der Waals surface area contributed by atoms with Gasteiger partial charge < -0.3 is 0 Å². The van der Waals surface area contributed by atoms with E-state index in [2.05, 4.69) is 2.51 Å². The molecule has 0 atom stereocenters. The summed E-state index contributed by atoms with van der Waals surface area (Å²) in [5.41, 5.74) is -5.31. The van der Waals surface area contributed by atoms with Gasteiger partial charge in [-0.05, 0) is 0 Å². The Balaban J connectivity index is 1.94. The summed E-state index contributed by atoms with van der Waals surface area (Å²) < 4.78 is 66.4. The summed E-state index contributed by atoms with van der Waals surface area (Å²) in [7, 11) is -5.77. The van der Waals surface area contributed by atoms with Crippen LogP contribution in [0.15, 0.2) is 53.9 Å². The summed E-state index contributed by atoms with van der Waals surface area (Å²) >= 11 is -2.33. The van der Waals surface area contributed by atoms with Gasteiger partial charge in [0.05, 0.1) is 0 Å². The van der Waals surface area contributed by atoms with Gasteiger partial charge in [0.25, 0.3) is 0 Å². The van der Waals surface area contributed by atoms with Crippen LogP contribution in [0.5, 0.6) is 0 Å². The monoisotopic (exact) mass is 531 g/mol. The summed E-state index contributed by atoms with van der Waals surface area (Å²) in [6, 6.07) is 8.54. The van der Waals surface area contributed by atoms with Crippen LogP contribution in [0.4, 0.5) is 18.9 Å². The molecule has 0 N–H and O–H groups in total. The van der Waals surface area contributed by atoms with E-state index in [1.165, 1.54) is 30.3 Å². The van der Waals surface area contributed by atoms with E-state index in [-0.39, 0.29) is 9.26 Å². The van der Waals surface area contributed by atoms with E-state index >= 15 is 0 Å². The van der Waals surface area contributed by atoms with Crippen molar-refractivity contribution in [1.82, 2.24) is 0 Å². The van der Waals surface area contributed by atoms with Gasteiger partial charge in [-0.3, -0.25) is 0 Å². The van der Waals surface area contributed by atoms with E-state index in [0.717, 1.165) is 28.4 Å². The Bertz CT molecular complexity index is 983. The number of benzene rings is 1. The zero-order valence-corrected chi connectivity index (χ0v) is 16.8. The van der Waals surface area contributed by atoms with Crippen molar-refractivity contribution in [2.24, 2.45) is 0 Å². The van der Waals surface area contributed by atoms with Gasteiger partial charge in [-0.2, -0.15) is 0 Å². The minimum atomic E-state index is -5.77. The van der Waals surface area contributed by atoms with Gasteiger partial charge in [-0.25, -0.2) is 0 Å². The molecule has 2 aromatic rings. The Kier molecular flexibility index (Phi) is 5.42. The Morgan fingerprint density at radius 3 is 2.07 bits per heavy atom. The van der Waals surface area contributed by atoms with Crippen LogP contribution in [0.1, 0.15) is 0 Å². The number of imide groups is 1. The van der Waals surface area contributed by atoms with Crippen LogP contribution in [-0.2, 0) is 22.2 Å². The first-order valence-electron chi connectivity index (χ1n) is 7.01. The third-order valence-electron chi connectivity index (χ3n) is 3.18. The molecule has 0 saturated carbocycles. The second kappa shape index (κ2) is 7.33. The Morgan fingerprint density at radius 2 is 1.59 bits per heavy atom. The van der Waals surface area contributed by atoms with Crippen LogP contribution in [0.25, 0.3) is 0 Å². The Hall–Kier alpha value is -1.77. The quantitative estimate of drug-likeness (QED) is 0.335. The van der Waals surface area contributed by atoms with Crippen molar-refractivity contribution in [2.45, 2.75) is 5.51 Å². The molecule has 0 radical (unpaired) electrons. The number of carbonyl (C=O) groups excluding carboxylic acids is 2. The molecule has 0 bridgehead atoms. The number of rotatable bonds is 5. The fraction of sp³-hybridized carbons (Fsp3) is 0.0667. The van der Waals surface area contributed by atoms with Crippen LogP contribution >= 0.6 is 31.6 Å². The minimum absolute atomic E-state index is 0.222. The van der Waals surface area contributed by atoms with Gasteiger partial charge >= 0.3 is 164 Å². The maximum absolute atomic E-state index is 12.7. The van der Waals surface area contributed by atoms with Crippen LogP contribution in [0, 0.1) is 6.45 Å². The molecular formula is C15H9F3INO5S2. The number of anilines is 1. The normalized spacial score (nSPS) is 15.5. The number of nitrogens with zero attached hydrogens (tertiary/aromatic N) is 1. The molecule has 0 aliphatic carbocycles. The molecule has 6 nitrogen and oxygen atoms in total. The first-order valence-corrected chi connectivity index (χ1v) is 12.3. The second-order valence-electron chi connectivity index (χ2n) is 4.95. The molecule has 0 fully saturated rings. The average molecular weight is 531 g/mol. The first kappa shape index (κ1) is 20.0. The van der Waals surface area contributed by atoms with Crippen LogP contribution in [0.2, 0.25) is 0 Å². The van der Waals surface area contributed by atoms with E-state index in [4.69, 9.17) is 0 Å². The first-order chi connectivity index (χ1) is 12.6. The predicted molar refractivity (Wildman–Crippen MR) is 99.9 cm³/mol. The summed E-state index contributed by atoms with van der Waals surface area (Å²) in [5.74, 6) is -1.09. The van der Waals surface area contributed by atoms with Crippen molar-refractivity contribution in [3.05, 3.63) is 60.4 Å². The predicted octanol–water partition coefficient (Wildman–Crippen LogP) is 3.50. The number of alkyl halides is 3. The van der Waals surface area contributed by atoms with Crippen molar-refractivity contribution < 1.29 is 33.7 Å². The average Bonchev–Trinajstić information content (AvgIpc) is 3.22. The van der Waals surface area contributed by atoms with Crippen LogP contribution in [0.3, 0.4) is 0 Å². The molecular weight excluding hydrogens is 522 g/mol. The molecule has 1 aromatic heterocycles. The molecule has 0 unspecified atom stereocenters. The summed E-state index contributed by atoms with van der Waals surface area (Å²) in [6.07, 6.45) is 2.19. The molecule has 12 heteroatoms. The number of carbonyl (C=O) groups is 2. The van der Waals surface area contributed by atoms with E-state index < -0.39 is 47.7 Å². The molecule has 3 rings (SSSR count). The van der Waals surface area contributed by atoms with Crippen molar-refractivity contribution in [1.29, 1.82) is 0 Å². The Labute approximate surface area is 163 Å². The topological polar surface area (TPSA) is 80.8 Å². The van der Waals surface area contributed by atoms with Crippen molar-refractivity contribution in [3.8, 4) is 0 Å². The van der Waals surface area contributed by atoms with Gasteiger partial charge in [-0.1, -0.05) is 0 Å². The SMILES string of the molecule is O=C1C=CC(=O)N1c1ccc(I(OS(=O)(=O)C(F)(F)F)c2cccs2)cc1. The molecule has 2 amide bonds. The van der Waals surface area contributed by atoms with Crippen LogP contribution in [-0.4, -0.2) is 25.7 Å². The molecule has 2 heterocycles. The number of amides is 2. The summed E-state index contributed by atoms with van der Waals surface area (Å²) in [5, 5.41) is 1.60. The number of thiophene rings is 1. The van der Waals surface area contributed by atoms with Gasteiger partial charge in [0, 0.05) is 0 Å². The fourth-order valence-corrected chi connectivity index (χ4v) is 10.5. The summed E-state index contributed by atoms with van der Waals surface area (Å²) in [4.78, 5) is 24.3. The van der Waals surface area contributed by atoms with E-state index in [1.807, 2.05) is 0 Å². The molecule has 144 valence electrons. The van der Waals surface area contributed by atoms with Gasteiger partial charge in [0.2, 0.25) is 0 Å². The van der Waals surface area contributed by atoms with E-state index in [1.54, 1.807) is 11.4 Å². The van der Waals surface area contributed by atoms with Crippen molar-refractivity contribution in [2.75, 3.05) is 4.90 Å². The van der Waals surface area contributed by atoms with Gasteiger partial charge in [-0.15, -0.1) is 0 Å². The number of halogens is 4. The van der Waals surface area contributed by atoms with Crippen LogP contribution < -0.4 is 4.90 Å². The molecule has 1 aromatic carbocycles. The van der Waals surface area contributed by atoms with E-state index in [9.17, 15) is 31.2 Å². The van der Waals surface area contributed by atoms with Gasteiger partial charge in [0.1, 0.15) is 0 Å². The number of hydrogen-bond acceptors (Lipinski definition) is 6. The molecule has 0 spiro atoms.